The van der Waals surface area contributed by atoms with E-state index in [-0.39, 0.29) is 0 Å². The minimum atomic E-state index is -0.525. The molecule has 1 rings (SSSR count). The van der Waals surface area contributed by atoms with E-state index >= 15 is 0 Å². The van der Waals surface area contributed by atoms with E-state index in [0.717, 1.165) is 13.0 Å². The van der Waals surface area contributed by atoms with E-state index in [9.17, 15) is 4.79 Å². The van der Waals surface area contributed by atoms with Crippen molar-refractivity contribution in [2.75, 3.05) is 24.2 Å². The van der Waals surface area contributed by atoms with Crippen molar-refractivity contribution in [2.24, 2.45) is 11.7 Å². The number of carbonyl (C=O) groups excluding carboxylic acids is 1. The number of rotatable bonds is 5. The Morgan fingerprint density at radius 1 is 1.53 bits per heavy atom. The molecule has 0 aliphatic carbocycles. The van der Waals surface area contributed by atoms with Crippen LogP contribution in [0.15, 0.2) is 12.3 Å². The molecule has 5 heteroatoms. The molecule has 5 nitrogen and oxygen atoms in total. The molecule has 0 aromatic carbocycles. The summed E-state index contributed by atoms with van der Waals surface area (Å²) in [6.45, 7) is 5.21. The topological polar surface area (TPSA) is 85.2 Å². The molecule has 0 aliphatic rings. The van der Waals surface area contributed by atoms with Gasteiger partial charge in [0.25, 0.3) is 5.91 Å². The number of hydrogen-bond donors (Lipinski definition) is 2. The standard InChI is InChI=1S/C12H20N4O/c1-8(2)4-5-16(3)11-6-9(12(14)17)10(13)7-15-11/h6-8H,4-5,13H2,1-3H3,(H2,14,17). The Hall–Kier alpha value is -1.78. The molecule has 0 radical (unpaired) electrons. The van der Waals surface area contributed by atoms with E-state index in [2.05, 4.69) is 18.8 Å². The average molecular weight is 236 g/mol. The number of nitrogens with two attached hydrogens (primary N) is 2. The van der Waals surface area contributed by atoms with Crippen LogP contribution >= 0.6 is 0 Å². The summed E-state index contributed by atoms with van der Waals surface area (Å²) >= 11 is 0. The Kier molecular flexibility index (Phi) is 4.31. The van der Waals surface area contributed by atoms with Crippen molar-refractivity contribution in [3.8, 4) is 0 Å². The smallest absolute Gasteiger partial charge is 0.250 e. The van der Waals surface area contributed by atoms with Gasteiger partial charge in [0.1, 0.15) is 5.82 Å². The Bertz CT molecular complexity index is 403. The zero-order valence-electron chi connectivity index (χ0n) is 10.6. The maximum Gasteiger partial charge on any atom is 0.250 e. The summed E-state index contributed by atoms with van der Waals surface area (Å²) in [5, 5.41) is 0. The number of pyridine rings is 1. The zero-order chi connectivity index (χ0) is 13.0. The van der Waals surface area contributed by atoms with Gasteiger partial charge < -0.3 is 16.4 Å². The van der Waals surface area contributed by atoms with Gasteiger partial charge in [-0.05, 0) is 18.4 Å². The highest BCUT2D eigenvalue weighted by Crippen LogP contribution is 2.17. The van der Waals surface area contributed by atoms with E-state index < -0.39 is 5.91 Å². The van der Waals surface area contributed by atoms with Crippen molar-refractivity contribution in [1.29, 1.82) is 0 Å². The molecule has 1 aromatic heterocycles. The number of nitrogen functional groups attached to an aromatic ring is 1. The first-order chi connectivity index (χ1) is 7.91. The quantitative estimate of drug-likeness (QED) is 0.805. The molecule has 94 valence electrons. The molecule has 0 spiro atoms. The minimum Gasteiger partial charge on any atom is -0.397 e. The Labute approximate surface area is 102 Å². The van der Waals surface area contributed by atoms with E-state index in [1.165, 1.54) is 6.20 Å². The third-order valence-electron chi connectivity index (χ3n) is 2.62. The molecule has 0 bridgehead atoms. The largest absolute Gasteiger partial charge is 0.397 e. The van der Waals surface area contributed by atoms with Crippen LogP contribution in [0.25, 0.3) is 0 Å². The fraction of sp³-hybridized carbons (Fsp3) is 0.500. The summed E-state index contributed by atoms with van der Waals surface area (Å²) in [6, 6.07) is 1.64. The van der Waals surface area contributed by atoms with Crippen LogP contribution in [0.5, 0.6) is 0 Å². The van der Waals surface area contributed by atoms with Crippen LogP contribution in [0.2, 0.25) is 0 Å². The summed E-state index contributed by atoms with van der Waals surface area (Å²) in [5.41, 5.74) is 11.5. The van der Waals surface area contributed by atoms with Gasteiger partial charge in [-0.25, -0.2) is 4.98 Å². The third-order valence-corrected chi connectivity index (χ3v) is 2.62. The van der Waals surface area contributed by atoms with Gasteiger partial charge in [0.2, 0.25) is 0 Å². The second-order valence-electron chi connectivity index (χ2n) is 4.60. The molecule has 0 atom stereocenters. The average Bonchev–Trinajstić information content (AvgIpc) is 2.26. The fourth-order valence-corrected chi connectivity index (χ4v) is 1.44. The van der Waals surface area contributed by atoms with Crippen LogP contribution in [0, 0.1) is 5.92 Å². The lowest BCUT2D eigenvalue weighted by Crippen LogP contribution is -2.22. The van der Waals surface area contributed by atoms with Crippen molar-refractivity contribution in [3.05, 3.63) is 17.8 Å². The van der Waals surface area contributed by atoms with Gasteiger partial charge in [0, 0.05) is 13.6 Å². The summed E-state index contributed by atoms with van der Waals surface area (Å²) in [5.74, 6) is 0.818. The maximum atomic E-state index is 11.2. The molecule has 1 amide bonds. The fourth-order valence-electron chi connectivity index (χ4n) is 1.44. The summed E-state index contributed by atoms with van der Waals surface area (Å²) < 4.78 is 0. The van der Waals surface area contributed by atoms with E-state index in [4.69, 9.17) is 11.5 Å². The lowest BCUT2D eigenvalue weighted by atomic mass is 10.1. The molecule has 0 saturated carbocycles. The van der Waals surface area contributed by atoms with Gasteiger partial charge in [-0.15, -0.1) is 0 Å². The van der Waals surface area contributed by atoms with Crippen molar-refractivity contribution in [2.45, 2.75) is 20.3 Å². The van der Waals surface area contributed by atoms with Gasteiger partial charge in [-0.3, -0.25) is 4.79 Å². The van der Waals surface area contributed by atoms with Gasteiger partial charge in [-0.2, -0.15) is 0 Å². The summed E-state index contributed by atoms with van der Waals surface area (Å²) in [4.78, 5) is 17.3. The molecule has 17 heavy (non-hydrogen) atoms. The van der Waals surface area contributed by atoms with Crippen LogP contribution < -0.4 is 16.4 Å². The number of carbonyl (C=O) groups is 1. The first kappa shape index (κ1) is 13.3. The first-order valence-electron chi connectivity index (χ1n) is 5.68. The number of hydrogen-bond acceptors (Lipinski definition) is 4. The molecule has 0 fully saturated rings. The monoisotopic (exact) mass is 236 g/mol. The van der Waals surface area contributed by atoms with Gasteiger partial charge in [-0.1, -0.05) is 13.8 Å². The molecular weight excluding hydrogens is 216 g/mol. The molecule has 0 aliphatic heterocycles. The predicted octanol–water partition coefficient (Wildman–Crippen LogP) is 1.25. The lowest BCUT2D eigenvalue weighted by molar-refractivity contribution is 0.100. The third kappa shape index (κ3) is 3.62. The van der Waals surface area contributed by atoms with Crippen LogP contribution in [-0.2, 0) is 0 Å². The molecule has 1 aromatic rings. The van der Waals surface area contributed by atoms with Crippen LogP contribution in [-0.4, -0.2) is 24.5 Å². The Balaban J connectivity index is 2.84. The van der Waals surface area contributed by atoms with Crippen LogP contribution in [0.1, 0.15) is 30.6 Å². The Morgan fingerprint density at radius 3 is 2.71 bits per heavy atom. The van der Waals surface area contributed by atoms with E-state index in [0.29, 0.717) is 23.0 Å². The zero-order valence-corrected chi connectivity index (χ0v) is 10.6. The highest BCUT2D eigenvalue weighted by molar-refractivity contribution is 5.98. The summed E-state index contributed by atoms with van der Waals surface area (Å²) in [6.07, 6.45) is 2.54. The SMILES string of the molecule is CC(C)CCN(C)c1cc(C(N)=O)c(N)cn1. The van der Waals surface area contributed by atoms with Crippen molar-refractivity contribution in [1.82, 2.24) is 4.98 Å². The van der Waals surface area contributed by atoms with Crippen molar-refractivity contribution >= 4 is 17.4 Å². The minimum absolute atomic E-state index is 0.318. The van der Waals surface area contributed by atoms with Gasteiger partial charge >= 0.3 is 0 Å². The van der Waals surface area contributed by atoms with E-state index in [1.807, 2.05) is 11.9 Å². The second-order valence-corrected chi connectivity index (χ2v) is 4.60. The van der Waals surface area contributed by atoms with Gasteiger partial charge in [0.15, 0.2) is 0 Å². The number of aromatic nitrogens is 1. The highest BCUT2D eigenvalue weighted by atomic mass is 16.1. The Morgan fingerprint density at radius 2 is 2.18 bits per heavy atom. The van der Waals surface area contributed by atoms with Crippen molar-refractivity contribution < 1.29 is 4.79 Å². The first-order valence-corrected chi connectivity index (χ1v) is 5.68. The molecule has 0 saturated heterocycles. The molecule has 1 heterocycles. The second kappa shape index (κ2) is 5.52. The van der Waals surface area contributed by atoms with Crippen LogP contribution in [0.3, 0.4) is 0 Å². The highest BCUT2D eigenvalue weighted by Gasteiger charge is 2.10. The molecule has 0 unspecified atom stereocenters. The number of amides is 1. The molecule has 4 N–H and O–H groups in total. The summed E-state index contributed by atoms with van der Waals surface area (Å²) in [7, 11) is 1.94. The number of anilines is 2. The molecular formula is C12H20N4O. The predicted molar refractivity (Wildman–Crippen MR) is 69.9 cm³/mol. The maximum absolute atomic E-state index is 11.2. The lowest BCUT2D eigenvalue weighted by Gasteiger charge is -2.19. The van der Waals surface area contributed by atoms with Gasteiger partial charge in [0.05, 0.1) is 17.4 Å². The normalized spacial score (nSPS) is 10.6. The van der Waals surface area contributed by atoms with Crippen molar-refractivity contribution in [3.63, 3.8) is 0 Å². The van der Waals surface area contributed by atoms with Crippen LogP contribution in [0.4, 0.5) is 11.5 Å². The number of nitrogens with zero attached hydrogens (tertiary/aromatic N) is 2. The van der Waals surface area contributed by atoms with E-state index in [1.54, 1.807) is 6.07 Å². The number of primary amides is 1.